The summed E-state index contributed by atoms with van der Waals surface area (Å²) in [6, 6.07) is 3.03. The number of nitrogens with zero attached hydrogens (tertiary/aromatic N) is 3. The number of hydrogen-bond donors (Lipinski definition) is 0. The fraction of sp³-hybridized carbons (Fsp3) is 0.333. The van der Waals surface area contributed by atoms with Gasteiger partial charge in [-0.2, -0.15) is 5.10 Å². The molecule has 0 saturated carbocycles. The summed E-state index contributed by atoms with van der Waals surface area (Å²) in [5, 5.41) is 4.09. The minimum Gasteiger partial charge on any atom is -0.271 e. The van der Waals surface area contributed by atoms with Crippen molar-refractivity contribution >= 4 is 0 Å². The molecule has 0 bridgehead atoms. The van der Waals surface area contributed by atoms with Gasteiger partial charge in [-0.3, -0.25) is 4.57 Å². The van der Waals surface area contributed by atoms with Crippen molar-refractivity contribution in [3.05, 3.63) is 51.7 Å². The summed E-state index contributed by atoms with van der Waals surface area (Å²) >= 11 is 0. The van der Waals surface area contributed by atoms with Gasteiger partial charge in [0.2, 0.25) is 0 Å². The number of benzene rings is 1. The number of rotatable bonds is 1. The second-order valence-electron chi connectivity index (χ2n) is 4.45. The van der Waals surface area contributed by atoms with Gasteiger partial charge in [0.15, 0.2) is 0 Å². The average molecular weight is 251 g/mol. The molecule has 2 aromatic rings. The summed E-state index contributed by atoms with van der Waals surface area (Å²) in [5.74, 6) is -0.594. The Morgan fingerprint density at radius 2 is 1.94 bits per heavy atom. The standard InChI is InChI=1S/C12H11F2N3O/c1-16-12(18)17-10(2-3-11(17)15-16)7-4-8(13)6-9(14)5-7/h4-6,10H,2-3H2,1H3/t10-/m0/s1. The summed E-state index contributed by atoms with van der Waals surface area (Å²) in [6.45, 7) is 0. The van der Waals surface area contributed by atoms with Crippen LogP contribution in [0, 0.1) is 11.6 Å². The molecule has 1 atom stereocenters. The molecule has 0 aliphatic carbocycles. The van der Waals surface area contributed by atoms with Crippen LogP contribution in [0.25, 0.3) is 0 Å². The van der Waals surface area contributed by atoms with Crippen molar-refractivity contribution in [2.75, 3.05) is 0 Å². The SMILES string of the molecule is Cn1nc2n(c1=O)[C@H](c1cc(F)cc(F)c1)CC2. The van der Waals surface area contributed by atoms with Crippen LogP contribution < -0.4 is 5.69 Å². The van der Waals surface area contributed by atoms with E-state index in [9.17, 15) is 13.6 Å². The zero-order valence-corrected chi connectivity index (χ0v) is 9.73. The second-order valence-corrected chi connectivity index (χ2v) is 4.45. The number of aromatic nitrogens is 3. The molecule has 0 N–H and O–H groups in total. The Hall–Kier alpha value is -1.98. The van der Waals surface area contributed by atoms with Crippen molar-refractivity contribution in [3.8, 4) is 0 Å². The minimum atomic E-state index is -0.629. The first kappa shape index (κ1) is 11.1. The van der Waals surface area contributed by atoms with Gasteiger partial charge in [0.1, 0.15) is 17.5 Å². The van der Waals surface area contributed by atoms with E-state index in [0.29, 0.717) is 24.2 Å². The summed E-state index contributed by atoms with van der Waals surface area (Å²) in [4.78, 5) is 11.9. The molecule has 6 heteroatoms. The predicted molar refractivity (Wildman–Crippen MR) is 60.3 cm³/mol. The van der Waals surface area contributed by atoms with Gasteiger partial charge in [-0.25, -0.2) is 18.3 Å². The molecule has 0 amide bonds. The van der Waals surface area contributed by atoms with E-state index in [1.165, 1.54) is 21.4 Å². The molecule has 1 aromatic carbocycles. The van der Waals surface area contributed by atoms with Crippen molar-refractivity contribution in [1.29, 1.82) is 0 Å². The maximum absolute atomic E-state index is 13.2. The van der Waals surface area contributed by atoms with Crippen LogP contribution in [0.5, 0.6) is 0 Å². The monoisotopic (exact) mass is 251 g/mol. The van der Waals surface area contributed by atoms with E-state index < -0.39 is 11.6 Å². The van der Waals surface area contributed by atoms with Crippen LogP contribution in [0.1, 0.15) is 23.9 Å². The van der Waals surface area contributed by atoms with Crippen LogP contribution in [0.3, 0.4) is 0 Å². The Morgan fingerprint density at radius 1 is 1.28 bits per heavy atom. The third kappa shape index (κ3) is 1.56. The number of halogens is 2. The summed E-state index contributed by atoms with van der Waals surface area (Å²) in [7, 11) is 1.57. The number of fused-ring (bicyclic) bond motifs is 1. The van der Waals surface area contributed by atoms with Gasteiger partial charge in [-0.1, -0.05) is 0 Å². The molecule has 0 radical (unpaired) electrons. The zero-order chi connectivity index (χ0) is 12.9. The van der Waals surface area contributed by atoms with Crippen molar-refractivity contribution in [2.45, 2.75) is 18.9 Å². The lowest BCUT2D eigenvalue weighted by atomic mass is 10.0. The van der Waals surface area contributed by atoms with Gasteiger partial charge in [0, 0.05) is 19.5 Å². The topological polar surface area (TPSA) is 39.8 Å². The van der Waals surface area contributed by atoms with Crippen LogP contribution in [0.15, 0.2) is 23.0 Å². The normalized spacial score (nSPS) is 18.1. The van der Waals surface area contributed by atoms with E-state index in [-0.39, 0.29) is 11.7 Å². The van der Waals surface area contributed by atoms with Gasteiger partial charge in [0.05, 0.1) is 6.04 Å². The van der Waals surface area contributed by atoms with Crippen molar-refractivity contribution in [1.82, 2.24) is 14.3 Å². The lowest BCUT2D eigenvalue weighted by molar-refractivity contribution is 0.546. The van der Waals surface area contributed by atoms with Crippen LogP contribution >= 0.6 is 0 Å². The molecule has 18 heavy (non-hydrogen) atoms. The smallest absolute Gasteiger partial charge is 0.271 e. The van der Waals surface area contributed by atoms with Crippen molar-refractivity contribution in [2.24, 2.45) is 7.05 Å². The summed E-state index contributed by atoms with van der Waals surface area (Å²) in [6.07, 6.45) is 1.28. The Bertz CT molecular complexity index is 654. The molecule has 0 unspecified atom stereocenters. The first-order valence-electron chi connectivity index (χ1n) is 5.66. The van der Waals surface area contributed by atoms with Crippen LogP contribution in [-0.4, -0.2) is 14.3 Å². The summed E-state index contributed by atoms with van der Waals surface area (Å²) in [5.41, 5.74) is 0.221. The van der Waals surface area contributed by atoms with Crippen LogP contribution in [0.2, 0.25) is 0 Å². The average Bonchev–Trinajstić information content (AvgIpc) is 2.80. The minimum absolute atomic E-state index is 0.253. The van der Waals surface area contributed by atoms with Crippen molar-refractivity contribution < 1.29 is 8.78 Å². The Kier molecular flexibility index (Phi) is 2.33. The maximum Gasteiger partial charge on any atom is 0.346 e. The molecule has 4 nitrogen and oxygen atoms in total. The number of aryl methyl sites for hydroxylation is 2. The molecule has 1 aliphatic heterocycles. The quantitative estimate of drug-likeness (QED) is 0.768. The third-order valence-electron chi connectivity index (χ3n) is 3.25. The lowest BCUT2D eigenvalue weighted by Gasteiger charge is -2.12. The molecule has 1 aliphatic rings. The Labute approximate surface area is 101 Å². The molecule has 1 aromatic heterocycles. The molecular formula is C12H11F2N3O. The van der Waals surface area contributed by atoms with E-state index in [0.717, 1.165) is 6.07 Å². The fourth-order valence-electron chi connectivity index (χ4n) is 2.49. The fourth-order valence-corrected chi connectivity index (χ4v) is 2.49. The summed E-state index contributed by atoms with van der Waals surface area (Å²) < 4.78 is 29.2. The number of hydrogen-bond acceptors (Lipinski definition) is 2. The molecule has 0 saturated heterocycles. The molecule has 2 heterocycles. The molecule has 3 rings (SSSR count). The first-order chi connectivity index (χ1) is 8.56. The van der Waals surface area contributed by atoms with E-state index in [2.05, 4.69) is 5.10 Å². The first-order valence-corrected chi connectivity index (χ1v) is 5.66. The van der Waals surface area contributed by atoms with Crippen molar-refractivity contribution in [3.63, 3.8) is 0 Å². The Balaban J connectivity index is 2.13. The predicted octanol–water partition coefficient (Wildman–Crippen LogP) is 1.40. The highest BCUT2D eigenvalue weighted by Gasteiger charge is 2.28. The van der Waals surface area contributed by atoms with E-state index in [4.69, 9.17) is 0 Å². The third-order valence-corrected chi connectivity index (χ3v) is 3.25. The molecule has 94 valence electrons. The molecular weight excluding hydrogens is 240 g/mol. The highest BCUT2D eigenvalue weighted by atomic mass is 19.1. The lowest BCUT2D eigenvalue weighted by Crippen LogP contribution is -2.25. The zero-order valence-electron chi connectivity index (χ0n) is 9.73. The highest BCUT2D eigenvalue weighted by Crippen LogP contribution is 2.29. The molecule has 0 fully saturated rings. The van der Waals surface area contributed by atoms with Gasteiger partial charge in [-0.05, 0) is 24.1 Å². The van der Waals surface area contributed by atoms with E-state index in [1.54, 1.807) is 7.05 Å². The Morgan fingerprint density at radius 3 is 2.61 bits per heavy atom. The van der Waals surface area contributed by atoms with Gasteiger partial charge >= 0.3 is 5.69 Å². The molecule has 0 spiro atoms. The van der Waals surface area contributed by atoms with Crippen LogP contribution in [0.4, 0.5) is 8.78 Å². The van der Waals surface area contributed by atoms with E-state index in [1.807, 2.05) is 0 Å². The van der Waals surface area contributed by atoms with Gasteiger partial charge < -0.3 is 0 Å². The maximum atomic E-state index is 13.2. The second kappa shape index (κ2) is 3.76. The van der Waals surface area contributed by atoms with Crippen LogP contribution in [-0.2, 0) is 13.5 Å². The highest BCUT2D eigenvalue weighted by molar-refractivity contribution is 5.24. The van der Waals surface area contributed by atoms with E-state index >= 15 is 0 Å². The van der Waals surface area contributed by atoms with Gasteiger partial charge in [-0.15, -0.1) is 0 Å². The largest absolute Gasteiger partial charge is 0.346 e. The van der Waals surface area contributed by atoms with Gasteiger partial charge in [0.25, 0.3) is 0 Å².